The molecule has 1 aromatic heterocycles. The zero-order chi connectivity index (χ0) is 9.26. The number of aromatic nitrogens is 1. The second-order valence-corrected chi connectivity index (χ2v) is 3.00. The van der Waals surface area contributed by atoms with Gasteiger partial charge in [0.25, 0.3) is 0 Å². The lowest BCUT2D eigenvalue weighted by atomic mass is 10.1. The molecule has 13 heavy (non-hydrogen) atoms. The monoisotopic (exact) mass is 168 g/mol. The summed E-state index contributed by atoms with van der Waals surface area (Å²) < 4.78 is 0. The van der Waals surface area contributed by atoms with E-state index in [2.05, 4.69) is 11.1 Å². The molecule has 2 rings (SSSR count). The Morgan fingerprint density at radius 3 is 2.85 bits per heavy atom. The van der Waals surface area contributed by atoms with E-state index in [0.29, 0.717) is 5.56 Å². The van der Waals surface area contributed by atoms with Crippen molar-refractivity contribution in [3.05, 3.63) is 41.7 Å². The van der Waals surface area contributed by atoms with Crippen LogP contribution in [0.1, 0.15) is 11.3 Å². The summed E-state index contributed by atoms with van der Waals surface area (Å²) >= 11 is 0. The van der Waals surface area contributed by atoms with Gasteiger partial charge in [-0.05, 0) is 30.5 Å². The van der Waals surface area contributed by atoms with Gasteiger partial charge in [0.05, 0.1) is 11.6 Å². The molecule has 0 N–H and O–H groups in total. The van der Waals surface area contributed by atoms with Crippen LogP contribution < -0.4 is 0 Å². The Morgan fingerprint density at radius 2 is 2.08 bits per heavy atom. The van der Waals surface area contributed by atoms with Crippen molar-refractivity contribution in [3.8, 4) is 6.07 Å². The number of fused-ring (bicyclic) bond motifs is 1. The van der Waals surface area contributed by atoms with E-state index in [1.165, 1.54) is 0 Å². The summed E-state index contributed by atoms with van der Waals surface area (Å²) in [6.45, 7) is 1.96. The van der Waals surface area contributed by atoms with Crippen molar-refractivity contribution in [2.75, 3.05) is 0 Å². The molecule has 0 atom stereocenters. The lowest BCUT2D eigenvalue weighted by Crippen LogP contribution is -1.82. The molecular formula is C11H8N2. The summed E-state index contributed by atoms with van der Waals surface area (Å²) in [6.07, 6.45) is 1.80. The van der Waals surface area contributed by atoms with Gasteiger partial charge in [0.1, 0.15) is 0 Å². The van der Waals surface area contributed by atoms with E-state index in [1.807, 2.05) is 31.2 Å². The molecule has 2 heteroatoms. The van der Waals surface area contributed by atoms with Gasteiger partial charge >= 0.3 is 0 Å². The second kappa shape index (κ2) is 2.87. The van der Waals surface area contributed by atoms with Gasteiger partial charge in [0.2, 0.25) is 0 Å². The van der Waals surface area contributed by atoms with Crippen molar-refractivity contribution >= 4 is 10.8 Å². The zero-order valence-corrected chi connectivity index (χ0v) is 7.28. The first-order chi connectivity index (χ1) is 6.29. The predicted molar refractivity (Wildman–Crippen MR) is 51.2 cm³/mol. The Hall–Kier alpha value is -1.88. The third kappa shape index (κ3) is 1.36. The minimum absolute atomic E-state index is 0.679. The maximum atomic E-state index is 8.68. The first-order valence-electron chi connectivity index (χ1n) is 4.06. The Balaban J connectivity index is 2.75. The Bertz CT molecular complexity index is 495. The highest BCUT2D eigenvalue weighted by Crippen LogP contribution is 2.15. The lowest BCUT2D eigenvalue weighted by Gasteiger charge is -1.98. The molecule has 0 bridgehead atoms. The van der Waals surface area contributed by atoms with Crippen molar-refractivity contribution in [2.24, 2.45) is 0 Å². The fourth-order valence-corrected chi connectivity index (χ4v) is 1.32. The smallest absolute Gasteiger partial charge is 0.0991 e. The van der Waals surface area contributed by atoms with Crippen LogP contribution in [0.4, 0.5) is 0 Å². The highest BCUT2D eigenvalue weighted by molar-refractivity contribution is 5.83. The van der Waals surface area contributed by atoms with Crippen LogP contribution in [-0.2, 0) is 0 Å². The fraction of sp³-hybridized carbons (Fsp3) is 0.0909. The predicted octanol–water partition coefficient (Wildman–Crippen LogP) is 2.41. The molecule has 0 fully saturated rings. The van der Waals surface area contributed by atoms with Gasteiger partial charge in [-0.1, -0.05) is 6.07 Å². The summed E-state index contributed by atoms with van der Waals surface area (Å²) in [4.78, 5) is 4.17. The van der Waals surface area contributed by atoms with Gasteiger partial charge in [-0.15, -0.1) is 0 Å². The summed E-state index contributed by atoms with van der Waals surface area (Å²) in [6, 6.07) is 9.73. The van der Waals surface area contributed by atoms with Crippen LogP contribution in [0.2, 0.25) is 0 Å². The third-order valence-electron chi connectivity index (χ3n) is 1.99. The van der Waals surface area contributed by atoms with Crippen LogP contribution in [0, 0.1) is 18.3 Å². The standard InChI is InChI=1S/C11H8N2/c1-8-4-10-3-2-9(6-12)5-11(10)7-13-8/h2-5,7H,1H3. The zero-order valence-electron chi connectivity index (χ0n) is 7.28. The SMILES string of the molecule is Cc1cc2ccc(C#N)cc2cn1. The molecule has 0 aliphatic carbocycles. The number of hydrogen-bond donors (Lipinski definition) is 0. The van der Waals surface area contributed by atoms with Gasteiger partial charge in [0, 0.05) is 17.3 Å². The van der Waals surface area contributed by atoms with Gasteiger partial charge in [-0.3, -0.25) is 4.98 Å². The molecule has 0 aliphatic heterocycles. The van der Waals surface area contributed by atoms with Crippen LogP contribution in [0.25, 0.3) is 10.8 Å². The third-order valence-corrected chi connectivity index (χ3v) is 1.99. The molecule has 0 unspecified atom stereocenters. The minimum Gasteiger partial charge on any atom is -0.261 e. The summed E-state index contributed by atoms with van der Waals surface area (Å²) in [5.41, 5.74) is 1.68. The van der Waals surface area contributed by atoms with E-state index in [0.717, 1.165) is 16.5 Å². The van der Waals surface area contributed by atoms with Crippen molar-refractivity contribution in [1.82, 2.24) is 4.98 Å². The summed E-state index contributed by atoms with van der Waals surface area (Å²) in [7, 11) is 0. The largest absolute Gasteiger partial charge is 0.261 e. The number of hydrogen-bond acceptors (Lipinski definition) is 2. The number of nitriles is 1. The molecule has 0 saturated heterocycles. The average Bonchev–Trinajstić information content (AvgIpc) is 2.17. The van der Waals surface area contributed by atoms with Crippen molar-refractivity contribution in [1.29, 1.82) is 5.26 Å². The molecule has 2 aromatic rings. The number of aryl methyl sites for hydroxylation is 1. The first-order valence-corrected chi connectivity index (χ1v) is 4.06. The average molecular weight is 168 g/mol. The van der Waals surface area contributed by atoms with Crippen LogP contribution in [0.15, 0.2) is 30.5 Å². The highest BCUT2D eigenvalue weighted by Gasteiger charge is 1.95. The Morgan fingerprint density at radius 1 is 1.23 bits per heavy atom. The van der Waals surface area contributed by atoms with E-state index >= 15 is 0 Å². The van der Waals surface area contributed by atoms with Crippen molar-refractivity contribution in [3.63, 3.8) is 0 Å². The van der Waals surface area contributed by atoms with E-state index in [4.69, 9.17) is 5.26 Å². The number of benzene rings is 1. The van der Waals surface area contributed by atoms with Gasteiger partial charge in [-0.25, -0.2) is 0 Å². The van der Waals surface area contributed by atoms with Gasteiger partial charge < -0.3 is 0 Å². The van der Waals surface area contributed by atoms with Crippen LogP contribution in [-0.4, -0.2) is 4.98 Å². The summed E-state index contributed by atoms with van der Waals surface area (Å²) in [5.74, 6) is 0. The molecule has 0 radical (unpaired) electrons. The maximum absolute atomic E-state index is 8.68. The van der Waals surface area contributed by atoms with E-state index in [9.17, 15) is 0 Å². The fourth-order valence-electron chi connectivity index (χ4n) is 1.32. The van der Waals surface area contributed by atoms with Crippen molar-refractivity contribution in [2.45, 2.75) is 6.92 Å². The van der Waals surface area contributed by atoms with Crippen molar-refractivity contribution < 1.29 is 0 Å². The van der Waals surface area contributed by atoms with Crippen LogP contribution in [0.5, 0.6) is 0 Å². The summed E-state index contributed by atoms with van der Waals surface area (Å²) in [5, 5.41) is 10.8. The van der Waals surface area contributed by atoms with Crippen LogP contribution >= 0.6 is 0 Å². The lowest BCUT2D eigenvalue weighted by molar-refractivity contribution is 1.22. The molecule has 1 heterocycles. The Kier molecular flexibility index (Phi) is 1.71. The normalized spacial score (nSPS) is 9.85. The van der Waals surface area contributed by atoms with E-state index in [-0.39, 0.29) is 0 Å². The molecule has 1 aromatic carbocycles. The Labute approximate surface area is 76.5 Å². The maximum Gasteiger partial charge on any atom is 0.0991 e. The minimum atomic E-state index is 0.679. The number of pyridine rings is 1. The molecule has 0 aliphatic rings. The molecular weight excluding hydrogens is 160 g/mol. The van der Waals surface area contributed by atoms with E-state index < -0.39 is 0 Å². The highest BCUT2D eigenvalue weighted by atomic mass is 14.6. The molecule has 0 saturated carbocycles. The second-order valence-electron chi connectivity index (χ2n) is 3.00. The molecule has 62 valence electrons. The quantitative estimate of drug-likeness (QED) is 0.605. The van der Waals surface area contributed by atoms with Gasteiger partial charge in [0.15, 0.2) is 0 Å². The molecule has 0 spiro atoms. The number of rotatable bonds is 0. The van der Waals surface area contributed by atoms with E-state index in [1.54, 1.807) is 6.20 Å². The first kappa shape index (κ1) is 7.75. The molecule has 0 amide bonds. The number of nitrogens with zero attached hydrogens (tertiary/aromatic N) is 2. The topological polar surface area (TPSA) is 36.7 Å². The molecule has 2 nitrogen and oxygen atoms in total. The van der Waals surface area contributed by atoms with Gasteiger partial charge in [-0.2, -0.15) is 5.26 Å². The van der Waals surface area contributed by atoms with Crippen LogP contribution in [0.3, 0.4) is 0 Å².